The van der Waals surface area contributed by atoms with Gasteiger partial charge in [-0.2, -0.15) is 0 Å². The number of rotatable bonds is 13. The highest BCUT2D eigenvalue weighted by Gasteiger charge is 2.34. The molecule has 3 aromatic rings. The molecular formula is C30H36ClN3O5S. The van der Waals surface area contributed by atoms with Gasteiger partial charge < -0.3 is 15.0 Å². The third-order valence-corrected chi connectivity index (χ3v) is 8.75. The van der Waals surface area contributed by atoms with Crippen molar-refractivity contribution in [1.82, 2.24) is 10.2 Å². The van der Waals surface area contributed by atoms with Gasteiger partial charge in [0.15, 0.2) is 0 Å². The van der Waals surface area contributed by atoms with Crippen LogP contribution in [-0.4, -0.2) is 51.4 Å². The van der Waals surface area contributed by atoms with E-state index in [2.05, 4.69) is 5.32 Å². The van der Waals surface area contributed by atoms with Crippen molar-refractivity contribution >= 4 is 39.1 Å². The van der Waals surface area contributed by atoms with Gasteiger partial charge in [0.2, 0.25) is 11.8 Å². The molecule has 0 saturated carbocycles. The Bertz CT molecular complexity index is 1400. The van der Waals surface area contributed by atoms with Gasteiger partial charge in [-0.25, -0.2) is 8.42 Å². The van der Waals surface area contributed by atoms with Crippen LogP contribution in [0.15, 0.2) is 77.7 Å². The zero-order chi connectivity index (χ0) is 29.3. The number of benzene rings is 3. The minimum atomic E-state index is -4.16. The van der Waals surface area contributed by atoms with Gasteiger partial charge in [-0.05, 0) is 67.3 Å². The molecule has 3 rings (SSSR count). The van der Waals surface area contributed by atoms with Crippen molar-refractivity contribution in [2.75, 3.05) is 24.5 Å². The first kappa shape index (κ1) is 31.0. The van der Waals surface area contributed by atoms with E-state index < -0.39 is 28.5 Å². The predicted octanol–water partition coefficient (Wildman–Crippen LogP) is 5.19. The van der Waals surface area contributed by atoms with Crippen molar-refractivity contribution in [3.05, 3.63) is 88.9 Å². The van der Waals surface area contributed by atoms with Gasteiger partial charge in [-0.1, -0.05) is 61.8 Å². The maximum absolute atomic E-state index is 14.1. The molecule has 1 unspecified atom stereocenters. The van der Waals surface area contributed by atoms with Crippen LogP contribution >= 0.6 is 11.6 Å². The summed E-state index contributed by atoms with van der Waals surface area (Å²) in [6.45, 7) is 5.53. The van der Waals surface area contributed by atoms with Crippen molar-refractivity contribution in [3.8, 4) is 5.75 Å². The second kappa shape index (κ2) is 14.2. The van der Waals surface area contributed by atoms with Crippen LogP contribution < -0.4 is 14.4 Å². The number of carbonyl (C=O) groups is 2. The van der Waals surface area contributed by atoms with E-state index in [0.29, 0.717) is 29.3 Å². The molecule has 10 heteroatoms. The zero-order valence-electron chi connectivity index (χ0n) is 23.3. The Morgan fingerprint density at radius 2 is 1.65 bits per heavy atom. The van der Waals surface area contributed by atoms with Crippen LogP contribution in [0.4, 0.5) is 5.69 Å². The highest BCUT2D eigenvalue weighted by molar-refractivity contribution is 7.92. The minimum Gasteiger partial charge on any atom is -0.497 e. The highest BCUT2D eigenvalue weighted by Crippen LogP contribution is 2.31. The number of methoxy groups -OCH3 is 1. The second-order valence-corrected chi connectivity index (χ2v) is 11.6. The standard InChI is InChI=1S/C30H36ClN3O5S/c1-5-19-32-30(36)27(6-2)33(20-23-15-17-24(39-4)18-16-23)29(35)21-34(28-14-10-13-26(31)22(28)3)40(37,38)25-11-8-7-9-12-25/h7-18,27H,5-6,19-21H2,1-4H3,(H,32,36). The van der Waals surface area contributed by atoms with E-state index >= 15 is 0 Å². The number of nitrogens with one attached hydrogen (secondary N) is 1. The van der Waals surface area contributed by atoms with Gasteiger partial charge >= 0.3 is 0 Å². The van der Waals surface area contributed by atoms with Crippen molar-refractivity contribution in [1.29, 1.82) is 0 Å². The molecule has 0 aliphatic carbocycles. The SMILES string of the molecule is CCCNC(=O)C(CC)N(Cc1ccc(OC)cc1)C(=O)CN(c1cccc(Cl)c1C)S(=O)(=O)c1ccccc1. The Balaban J connectivity index is 2.07. The molecule has 40 heavy (non-hydrogen) atoms. The molecule has 0 aromatic heterocycles. The topological polar surface area (TPSA) is 96.0 Å². The summed E-state index contributed by atoms with van der Waals surface area (Å²) in [6.07, 6.45) is 1.09. The first-order valence-corrected chi connectivity index (χ1v) is 15.0. The van der Waals surface area contributed by atoms with Crippen LogP contribution in [0.2, 0.25) is 5.02 Å². The van der Waals surface area contributed by atoms with Crippen LogP contribution in [-0.2, 0) is 26.2 Å². The van der Waals surface area contributed by atoms with E-state index in [1.165, 1.54) is 17.0 Å². The maximum atomic E-state index is 14.1. The lowest BCUT2D eigenvalue weighted by Gasteiger charge is -2.33. The fraction of sp³-hybridized carbons (Fsp3) is 0.333. The number of anilines is 1. The van der Waals surface area contributed by atoms with E-state index in [-0.39, 0.29) is 23.0 Å². The van der Waals surface area contributed by atoms with Crippen molar-refractivity contribution in [2.45, 2.75) is 51.1 Å². The molecule has 8 nitrogen and oxygen atoms in total. The molecule has 3 aromatic carbocycles. The zero-order valence-corrected chi connectivity index (χ0v) is 24.8. The van der Waals surface area contributed by atoms with E-state index in [1.807, 2.05) is 26.0 Å². The minimum absolute atomic E-state index is 0.0385. The number of carbonyl (C=O) groups excluding carboxylic acids is 2. The molecule has 0 fully saturated rings. The fourth-order valence-electron chi connectivity index (χ4n) is 4.31. The Labute approximate surface area is 241 Å². The number of hydrogen-bond donors (Lipinski definition) is 1. The highest BCUT2D eigenvalue weighted by atomic mass is 35.5. The lowest BCUT2D eigenvalue weighted by atomic mass is 10.1. The molecule has 0 aliphatic heterocycles. The van der Waals surface area contributed by atoms with Crippen molar-refractivity contribution in [2.24, 2.45) is 0 Å². The Hall–Kier alpha value is -3.56. The summed E-state index contributed by atoms with van der Waals surface area (Å²) in [5.74, 6) is -0.151. The molecule has 2 amide bonds. The molecule has 0 aliphatic rings. The van der Waals surface area contributed by atoms with Crippen molar-refractivity contribution in [3.63, 3.8) is 0 Å². The smallest absolute Gasteiger partial charge is 0.264 e. The van der Waals surface area contributed by atoms with E-state index in [4.69, 9.17) is 16.3 Å². The normalized spacial score (nSPS) is 11.9. The third kappa shape index (κ3) is 7.34. The maximum Gasteiger partial charge on any atom is 0.264 e. The molecule has 0 bridgehead atoms. The summed E-state index contributed by atoms with van der Waals surface area (Å²) < 4.78 is 34.2. The van der Waals surface area contributed by atoms with Crippen LogP contribution in [0.1, 0.15) is 37.8 Å². The number of ether oxygens (including phenoxy) is 1. The first-order chi connectivity index (χ1) is 19.1. The van der Waals surface area contributed by atoms with E-state index in [0.717, 1.165) is 16.3 Å². The summed E-state index contributed by atoms with van der Waals surface area (Å²) in [5.41, 5.74) is 1.58. The van der Waals surface area contributed by atoms with Gasteiger partial charge in [-0.15, -0.1) is 0 Å². The number of nitrogens with zero attached hydrogens (tertiary/aromatic N) is 2. The molecular weight excluding hydrogens is 550 g/mol. The number of sulfonamides is 1. The average Bonchev–Trinajstić information content (AvgIpc) is 2.96. The molecule has 0 radical (unpaired) electrons. The van der Waals surface area contributed by atoms with E-state index in [1.54, 1.807) is 62.6 Å². The predicted molar refractivity (Wildman–Crippen MR) is 158 cm³/mol. The van der Waals surface area contributed by atoms with Gasteiger partial charge in [-0.3, -0.25) is 13.9 Å². The number of halogens is 1. The van der Waals surface area contributed by atoms with Crippen LogP contribution in [0.5, 0.6) is 5.75 Å². The van der Waals surface area contributed by atoms with Crippen LogP contribution in [0, 0.1) is 6.92 Å². The Kier molecular flexibility index (Phi) is 11.0. The van der Waals surface area contributed by atoms with Gasteiger partial charge in [0.25, 0.3) is 10.0 Å². The summed E-state index contributed by atoms with van der Waals surface area (Å²) in [5, 5.41) is 3.25. The monoisotopic (exact) mass is 585 g/mol. The lowest BCUT2D eigenvalue weighted by Crippen LogP contribution is -2.52. The van der Waals surface area contributed by atoms with Gasteiger partial charge in [0, 0.05) is 18.1 Å². The average molecular weight is 586 g/mol. The van der Waals surface area contributed by atoms with Crippen LogP contribution in [0.25, 0.3) is 0 Å². The number of amides is 2. The number of hydrogen-bond acceptors (Lipinski definition) is 5. The molecule has 1 N–H and O–H groups in total. The molecule has 0 heterocycles. The molecule has 1 atom stereocenters. The first-order valence-electron chi connectivity index (χ1n) is 13.2. The second-order valence-electron chi connectivity index (χ2n) is 9.29. The largest absolute Gasteiger partial charge is 0.497 e. The van der Waals surface area contributed by atoms with Crippen molar-refractivity contribution < 1.29 is 22.7 Å². The van der Waals surface area contributed by atoms with E-state index in [9.17, 15) is 18.0 Å². The summed E-state index contributed by atoms with van der Waals surface area (Å²) >= 11 is 6.37. The summed E-state index contributed by atoms with van der Waals surface area (Å²) in [4.78, 5) is 28.7. The van der Waals surface area contributed by atoms with Crippen LogP contribution in [0.3, 0.4) is 0 Å². The summed E-state index contributed by atoms with van der Waals surface area (Å²) in [6, 6.07) is 19.2. The summed E-state index contributed by atoms with van der Waals surface area (Å²) in [7, 11) is -2.60. The Morgan fingerprint density at radius 3 is 2.25 bits per heavy atom. The van der Waals surface area contributed by atoms with Gasteiger partial charge in [0.1, 0.15) is 18.3 Å². The molecule has 214 valence electrons. The molecule has 0 spiro atoms. The molecule has 0 saturated heterocycles. The fourth-order valence-corrected chi connectivity index (χ4v) is 5.97. The quantitative estimate of drug-likeness (QED) is 0.298. The van der Waals surface area contributed by atoms with Gasteiger partial charge in [0.05, 0.1) is 17.7 Å². The lowest BCUT2D eigenvalue weighted by molar-refractivity contribution is -0.140. The third-order valence-electron chi connectivity index (χ3n) is 6.56. The Morgan fingerprint density at radius 1 is 0.975 bits per heavy atom.